The van der Waals surface area contributed by atoms with Crippen molar-refractivity contribution < 1.29 is 26.0 Å². The molecule has 0 unspecified atom stereocenters. The van der Waals surface area contributed by atoms with Gasteiger partial charge in [-0.05, 0) is 95.4 Å². The largest absolute Gasteiger partial charge is 0.310 e. The lowest BCUT2D eigenvalue weighted by Gasteiger charge is -2.29. The molecule has 0 saturated carbocycles. The Morgan fingerprint density at radius 1 is 0.492 bits per heavy atom. The van der Waals surface area contributed by atoms with E-state index >= 15 is 0 Å². The Morgan fingerprint density at radius 3 is 1.85 bits per heavy atom. The van der Waals surface area contributed by atoms with E-state index in [1.807, 2.05) is 0 Å². The summed E-state index contributed by atoms with van der Waals surface area (Å²) in [7, 11) is 0. The minimum atomic E-state index is -1.19. The summed E-state index contributed by atoms with van der Waals surface area (Å²) in [6, 6.07) is 13.1. The van der Waals surface area contributed by atoms with Gasteiger partial charge in [0, 0.05) is 55.5 Å². The molecular weight excluding hydrogens is 719 g/mol. The topological polar surface area (TPSA) is 46.8 Å². The Bertz CT molecular complexity index is 4250. The third-order valence-electron chi connectivity index (χ3n) is 10.4. The quantitative estimate of drug-likeness (QED) is 0.162. The number of hydrogen-bond donors (Lipinski definition) is 0. The lowest BCUT2D eigenvalue weighted by Crippen LogP contribution is -2.16. The first-order valence-corrected chi connectivity index (χ1v) is 18.6. The number of hydrogen-bond acceptors (Lipinski definition) is 4. The molecule has 2 heterocycles. The number of para-hydroxylation sites is 3. The standard InChI is InChI=1S/C54H39N5/c1-54(2)45-25-14-12-24-43(45)50-46(54)26-16-28-49(50)58(39-19-8-4-9-20-39)41-32-29-37(30-33-41)52-55-51(36-17-6-3-7-18-36)56-53(57-52)38-31-34-48-44(35-38)42-23-13-15-27-47(42)59(48)40-21-10-5-11-22-40/h3-35H,1-2H3/i5D,10D,11D,12D,13D,14D,15D,16D,21D,22D,23D,24D,25D,26D,27D,28D,31D,34D,35D. The molecule has 0 N–H and O–H groups in total. The molecule has 1 aliphatic rings. The van der Waals surface area contributed by atoms with Crippen molar-refractivity contribution in [1.29, 1.82) is 0 Å². The van der Waals surface area contributed by atoms with Gasteiger partial charge in [0.05, 0.1) is 42.8 Å². The molecule has 0 saturated heterocycles. The van der Waals surface area contributed by atoms with Crippen LogP contribution in [0.5, 0.6) is 0 Å². The summed E-state index contributed by atoms with van der Waals surface area (Å²) in [6.45, 7) is 3.47. The summed E-state index contributed by atoms with van der Waals surface area (Å²) >= 11 is 0. The minimum Gasteiger partial charge on any atom is -0.310 e. The maximum absolute atomic E-state index is 9.84. The van der Waals surface area contributed by atoms with Crippen LogP contribution in [-0.4, -0.2) is 19.5 Å². The van der Waals surface area contributed by atoms with E-state index in [1.54, 1.807) is 104 Å². The van der Waals surface area contributed by atoms with Gasteiger partial charge in [0.1, 0.15) is 0 Å². The van der Waals surface area contributed by atoms with Crippen LogP contribution in [0.25, 0.3) is 72.8 Å². The molecule has 5 heteroatoms. The number of benzene rings is 8. The summed E-state index contributed by atoms with van der Waals surface area (Å²) in [5.74, 6) is -0.216. The normalized spacial score (nSPS) is 17.2. The number of aromatic nitrogens is 4. The smallest absolute Gasteiger partial charge is 0.164 e. The van der Waals surface area contributed by atoms with Gasteiger partial charge in [0.15, 0.2) is 17.5 Å². The number of rotatable bonds is 7. The Morgan fingerprint density at radius 2 is 1.08 bits per heavy atom. The molecule has 59 heavy (non-hydrogen) atoms. The molecule has 280 valence electrons. The highest BCUT2D eigenvalue weighted by molar-refractivity contribution is 6.10. The predicted octanol–water partition coefficient (Wildman–Crippen LogP) is 13.7. The highest BCUT2D eigenvalue weighted by Crippen LogP contribution is 2.54. The van der Waals surface area contributed by atoms with Gasteiger partial charge in [0.2, 0.25) is 0 Å². The van der Waals surface area contributed by atoms with Gasteiger partial charge in [0.25, 0.3) is 0 Å². The summed E-state index contributed by atoms with van der Waals surface area (Å²) < 4.78 is 171. The first kappa shape index (κ1) is 20.2. The highest BCUT2D eigenvalue weighted by Gasteiger charge is 2.37. The van der Waals surface area contributed by atoms with Crippen molar-refractivity contribution in [2.45, 2.75) is 19.3 Å². The Balaban J connectivity index is 1.16. The molecule has 0 aliphatic heterocycles. The van der Waals surface area contributed by atoms with Gasteiger partial charge in [-0.25, -0.2) is 15.0 Å². The monoisotopic (exact) mass is 776 g/mol. The number of nitrogens with zero attached hydrogens (tertiary/aromatic N) is 5. The van der Waals surface area contributed by atoms with Crippen LogP contribution in [0.3, 0.4) is 0 Å². The van der Waals surface area contributed by atoms with E-state index in [4.69, 9.17) is 32.8 Å². The van der Waals surface area contributed by atoms with Crippen molar-refractivity contribution in [3.8, 4) is 51.0 Å². The van der Waals surface area contributed by atoms with Gasteiger partial charge in [-0.15, -0.1) is 0 Å². The molecule has 5 nitrogen and oxygen atoms in total. The van der Waals surface area contributed by atoms with E-state index in [9.17, 15) is 8.22 Å². The zero-order valence-corrected chi connectivity index (χ0v) is 31.3. The molecule has 11 rings (SSSR count). The summed E-state index contributed by atoms with van der Waals surface area (Å²) in [5, 5.41) is -0.619. The zero-order valence-electron chi connectivity index (χ0n) is 50.3. The second kappa shape index (κ2) is 13.8. The van der Waals surface area contributed by atoms with Crippen LogP contribution >= 0.6 is 0 Å². The van der Waals surface area contributed by atoms with Gasteiger partial charge in [-0.3, -0.25) is 0 Å². The molecule has 0 amide bonds. The SMILES string of the molecule is [2H]c1c([2H])c([2H])c(-n2c3c([2H])c([2H])c([2H])c([2H])c3c3c([2H])c(-c4nc(-c5ccccc5)nc(-c5ccc(N(c6ccccc6)c6c([2H])c([2H])c([2H])c7c6-c6c([2H])c([2H])c([2H])c([2H])c6C7(C)C)cc5)n4)c([2H])c([2H])c32)c([2H])c1[2H]. The Labute approximate surface area is 370 Å². The van der Waals surface area contributed by atoms with Gasteiger partial charge < -0.3 is 9.47 Å². The van der Waals surface area contributed by atoms with E-state index in [0.717, 1.165) is 4.57 Å². The fourth-order valence-corrected chi connectivity index (χ4v) is 7.65. The highest BCUT2D eigenvalue weighted by atomic mass is 15.1. The predicted molar refractivity (Wildman–Crippen MR) is 243 cm³/mol. The average molecular weight is 777 g/mol. The van der Waals surface area contributed by atoms with Gasteiger partial charge in [-0.2, -0.15) is 0 Å². The molecular formula is C54H39N5. The van der Waals surface area contributed by atoms with Crippen molar-refractivity contribution in [1.82, 2.24) is 19.5 Å². The molecule has 10 aromatic rings. The minimum absolute atomic E-state index is 0.00585. The Kier molecular flexibility index (Phi) is 4.71. The molecule has 0 bridgehead atoms. The van der Waals surface area contributed by atoms with Crippen molar-refractivity contribution in [2.24, 2.45) is 0 Å². The summed E-state index contributed by atoms with van der Waals surface area (Å²) in [6.07, 6.45) is 0. The third-order valence-corrected chi connectivity index (χ3v) is 10.4. The van der Waals surface area contributed by atoms with Crippen molar-refractivity contribution >= 4 is 38.9 Å². The van der Waals surface area contributed by atoms with Crippen molar-refractivity contribution in [2.75, 3.05) is 4.90 Å². The first-order chi connectivity index (χ1) is 36.9. The summed E-state index contributed by atoms with van der Waals surface area (Å²) in [5.41, 5.74) is -0.215. The molecule has 0 spiro atoms. The van der Waals surface area contributed by atoms with Crippen molar-refractivity contribution in [3.63, 3.8) is 0 Å². The van der Waals surface area contributed by atoms with Crippen LogP contribution in [0.4, 0.5) is 17.1 Å². The average Bonchev–Trinajstić information content (AvgIpc) is 2.64. The van der Waals surface area contributed by atoms with Gasteiger partial charge in [-0.1, -0.05) is 135 Å². The van der Waals surface area contributed by atoms with Crippen LogP contribution in [0, 0.1) is 0 Å². The van der Waals surface area contributed by atoms with E-state index in [1.165, 1.54) is 0 Å². The Hall–Kier alpha value is -7.63. The number of fused-ring (bicyclic) bond motifs is 6. The molecule has 2 aromatic heterocycles. The molecule has 0 radical (unpaired) electrons. The molecule has 0 atom stereocenters. The molecule has 1 aliphatic carbocycles. The lowest BCUT2D eigenvalue weighted by atomic mass is 9.82. The van der Waals surface area contributed by atoms with Crippen LogP contribution in [0.2, 0.25) is 0 Å². The molecule has 0 fully saturated rings. The van der Waals surface area contributed by atoms with Crippen molar-refractivity contribution in [3.05, 3.63) is 211 Å². The maximum Gasteiger partial charge on any atom is 0.164 e. The maximum atomic E-state index is 9.84. The van der Waals surface area contributed by atoms with Gasteiger partial charge >= 0.3 is 0 Å². The van der Waals surface area contributed by atoms with E-state index in [0.29, 0.717) is 22.5 Å². The van der Waals surface area contributed by atoms with Crippen LogP contribution in [0.1, 0.15) is 51.0 Å². The van der Waals surface area contributed by atoms with Crippen LogP contribution in [0.15, 0.2) is 200 Å². The van der Waals surface area contributed by atoms with Crippen LogP contribution in [-0.2, 0) is 5.41 Å². The second-order valence-corrected chi connectivity index (χ2v) is 14.2. The van der Waals surface area contributed by atoms with Crippen LogP contribution < -0.4 is 4.90 Å². The van der Waals surface area contributed by atoms with E-state index in [2.05, 4.69) is 0 Å². The second-order valence-electron chi connectivity index (χ2n) is 14.2. The molecule has 8 aromatic carbocycles. The van der Waals surface area contributed by atoms with E-state index < -0.39 is 113 Å². The lowest BCUT2D eigenvalue weighted by molar-refractivity contribution is 0.660. The fourth-order valence-electron chi connectivity index (χ4n) is 7.65. The van der Waals surface area contributed by atoms with E-state index in [-0.39, 0.29) is 85.9 Å². The fraction of sp³-hybridized carbons (Fsp3) is 0.0556. The zero-order chi connectivity index (χ0) is 56.0. The third kappa shape index (κ3) is 5.73. The number of anilines is 3. The first-order valence-electron chi connectivity index (χ1n) is 28.1. The summed E-state index contributed by atoms with van der Waals surface area (Å²) in [4.78, 5) is 16.0.